The SMILES string of the molecule is O=C(O)c1cccc2c1ccn2Cc1cc(Cl)ccc1OCc1ccc(F)c(F)c1F. The maximum absolute atomic E-state index is 13.9. The molecule has 0 atom stereocenters. The van der Waals surface area contributed by atoms with E-state index in [4.69, 9.17) is 16.3 Å². The van der Waals surface area contributed by atoms with Crippen molar-refractivity contribution in [3.63, 3.8) is 0 Å². The summed E-state index contributed by atoms with van der Waals surface area (Å²) in [7, 11) is 0. The summed E-state index contributed by atoms with van der Waals surface area (Å²) < 4.78 is 48.1. The van der Waals surface area contributed by atoms with Crippen LogP contribution in [-0.4, -0.2) is 15.6 Å². The van der Waals surface area contributed by atoms with Crippen LogP contribution in [-0.2, 0) is 13.2 Å². The summed E-state index contributed by atoms with van der Waals surface area (Å²) in [5.74, 6) is -4.76. The zero-order valence-corrected chi connectivity index (χ0v) is 16.7. The Bertz CT molecular complexity index is 1300. The van der Waals surface area contributed by atoms with Gasteiger partial charge in [0.1, 0.15) is 12.4 Å². The molecule has 1 heterocycles. The molecule has 0 saturated carbocycles. The van der Waals surface area contributed by atoms with Gasteiger partial charge < -0.3 is 14.4 Å². The molecule has 31 heavy (non-hydrogen) atoms. The normalized spacial score (nSPS) is 11.1. The fourth-order valence-electron chi connectivity index (χ4n) is 3.38. The van der Waals surface area contributed by atoms with Crippen LogP contribution in [0.5, 0.6) is 5.75 Å². The molecule has 0 unspecified atom stereocenters. The second kappa shape index (κ2) is 8.35. The van der Waals surface area contributed by atoms with Crippen LogP contribution in [0.1, 0.15) is 21.5 Å². The van der Waals surface area contributed by atoms with E-state index in [1.165, 1.54) is 6.07 Å². The standard InChI is InChI=1S/C23H15ClF3NO3/c24-15-5-7-20(31-12-13-4-6-18(25)22(27)21(13)26)14(10-15)11-28-9-8-16-17(23(29)30)2-1-3-19(16)28/h1-10H,11-12H2,(H,29,30). The van der Waals surface area contributed by atoms with Gasteiger partial charge in [0.15, 0.2) is 17.5 Å². The third-order valence-electron chi connectivity index (χ3n) is 4.91. The largest absolute Gasteiger partial charge is 0.488 e. The Balaban J connectivity index is 1.64. The quantitative estimate of drug-likeness (QED) is 0.368. The van der Waals surface area contributed by atoms with Crippen LogP contribution in [0.4, 0.5) is 13.2 Å². The highest BCUT2D eigenvalue weighted by atomic mass is 35.5. The number of aromatic carboxylic acids is 1. The Labute approximate surface area is 180 Å². The Kier molecular flexibility index (Phi) is 5.61. The molecule has 3 aromatic carbocycles. The third-order valence-corrected chi connectivity index (χ3v) is 5.14. The van der Waals surface area contributed by atoms with E-state index in [-0.39, 0.29) is 17.7 Å². The molecular weight excluding hydrogens is 431 g/mol. The van der Waals surface area contributed by atoms with Crippen LogP contribution in [0.3, 0.4) is 0 Å². The Morgan fingerprint density at radius 2 is 1.81 bits per heavy atom. The summed E-state index contributed by atoms with van der Waals surface area (Å²) in [6.45, 7) is -0.0179. The van der Waals surface area contributed by atoms with Gasteiger partial charge in [0, 0.05) is 33.2 Å². The van der Waals surface area contributed by atoms with Crippen molar-refractivity contribution in [1.82, 2.24) is 4.57 Å². The van der Waals surface area contributed by atoms with Crippen molar-refractivity contribution >= 4 is 28.5 Å². The second-order valence-corrected chi connectivity index (χ2v) is 7.30. The molecular formula is C23H15ClF3NO3. The van der Waals surface area contributed by atoms with E-state index < -0.39 is 23.4 Å². The number of ether oxygens (including phenoxy) is 1. The van der Waals surface area contributed by atoms with Crippen LogP contribution in [0.15, 0.2) is 60.8 Å². The van der Waals surface area contributed by atoms with Gasteiger partial charge >= 0.3 is 5.97 Å². The van der Waals surface area contributed by atoms with E-state index in [0.29, 0.717) is 33.8 Å². The fourth-order valence-corrected chi connectivity index (χ4v) is 3.57. The summed E-state index contributed by atoms with van der Waals surface area (Å²) >= 11 is 6.13. The number of nitrogens with zero attached hydrogens (tertiary/aromatic N) is 1. The van der Waals surface area contributed by atoms with Crippen molar-refractivity contribution in [2.24, 2.45) is 0 Å². The monoisotopic (exact) mass is 445 g/mol. The van der Waals surface area contributed by atoms with Crippen LogP contribution in [0.25, 0.3) is 10.9 Å². The Hall–Kier alpha value is -3.45. The van der Waals surface area contributed by atoms with Crippen LogP contribution in [0.2, 0.25) is 5.02 Å². The summed E-state index contributed by atoms with van der Waals surface area (Å²) in [6.07, 6.45) is 1.75. The molecule has 4 aromatic rings. The van der Waals surface area contributed by atoms with Crippen molar-refractivity contribution < 1.29 is 27.8 Å². The molecule has 0 spiro atoms. The molecule has 1 aromatic heterocycles. The predicted octanol–water partition coefficient (Wildman–Crippen LogP) is 6.04. The first kappa shape index (κ1) is 20.8. The van der Waals surface area contributed by atoms with Crippen molar-refractivity contribution in [2.75, 3.05) is 0 Å². The topological polar surface area (TPSA) is 51.5 Å². The highest BCUT2D eigenvalue weighted by Gasteiger charge is 2.16. The van der Waals surface area contributed by atoms with Crippen molar-refractivity contribution in [1.29, 1.82) is 0 Å². The highest BCUT2D eigenvalue weighted by molar-refractivity contribution is 6.30. The number of carbonyl (C=O) groups is 1. The van der Waals surface area contributed by atoms with Gasteiger partial charge in [-0.1, -0.05) is 17.7 Å². The summed E-state index contributed by atoms with van der Waals surface area (Å²) in [5.41, 5.74) is 1.41. The number of hydrogen-bond donors (Lipinski definition) is 1. The molecule has 0 radical (unpaired) electrons. The first-order valence-corrected chi connectivity index (χ1v) is 9.57. The third kappa shape index (κ3) is 4.09. The molecule has 0 bridgehead atoms. The lowest BCUT2D eigenvalue weighted by Gasteiger charge is -2.14. The molecule has 0 aliphatic heterocycles. The van der Waals surface area contributed by atoms with E-state index in [1.807, 2.05) is 4.57 Å². The predicted molar refractivity (Wildman–Crippen MR) is 110 cm³/mol. The number of benzene rings is 3. The molecule has 158 valence electrons. The highest BCUT2D eigenvalue weighted by Crippen LogP contribution is 2.28. The molecule has 4 nitrogen and oxygen atoms in total. The first-order chi connectivity index (χ1) is 14.8. The average Bonchev–Trinajstić information content (AvgIpc) is 3.15. The average molecular weight is 446 g/mol. The van der Waals surface area contributed by atoms with Crippen molar-refractivity contribution in [2.45, 2.75) is 13.2 Å². The maximum atomic E-state index is 13.9. The maximum Gasteiger partial charge on any atom is 0.336 e. The van der Waals surface area contributed by atoms with E-state index in [0.717, 1.165) is 12.1 Å². The van der Waals surface area contributed by atoms with Gasteiger partial charge in [-0.05, 0) is 48.5 Å². The van der Waals surface area contributed by atoms with Crippen molar-refractivity contribution in [3.8, 4) is 5.75 Å². The van der Waals surface area contributed by atoms with E-state index in [1.54, 1.807) is 42.6 Å². The van der Waals surface area contributed by atoms with Gasteiger partial charge in [0.25, 0.3) is 0 Å². The summed E-state index contributed by atoms with van der Waals surface area (Å²) in [5, 5.41) is 10.4. The smallest absolute Gasteiger partial charge is 0.336 e. The molecule has 4 rings (SSSR count). The van der Waals surface area contributed by atoms with Crippen LogP contribution < -0.4 is 4.74 Å². The number of rotatable bonds is 6. The van der Waals surface area contributed by atoms with Gasteiger partial charge in [-0.3, -0.25) is 0 Å². The van der Waals surface area contributed by atoms with Gasteiger partial charge in [0.05, 0.1) is 12.1 Å². The zero-order valence-electron chi connectivity index (χ0n) is 15.9. The minimum atomic E-state index is -1.55. The molecule has 0 saturated heterocycles. The molecule has 0 amide bonds. The number of carboxylic acids is 1. The van der Waals surface area contributed by atoms with Crippen LogP contribution >= 0.6 is 11.6 Å². The van der Waals surface area contributed by atoms with Gasteiger partial charge in [-0.2, -0.15) is 0 Å². The second-order valence-electron chi connectivity index (χ2n) is 6.86. The number of fused-ring (bicyclic) bond motifs is 1. The summed E-state index contributed by atoms with van der Waals surface area (Å²) in [4.78, 5) is 11.4. The minimum Gasteiger partial charge on any atom is -0.488 e. The minimum absolute atomic E-state index is 0.127. The Morgan fingerprint density at radius 3 is 2.58 bits per heavy atom. The summed E-state index contributed by atoms with van der Waals surface area (Å²) in [6, 6.07) is 13.5. The molecule has 1 N–H and O–H groups in total. The van der Waals surface area contributed by atoms with Gasteiger partial charge in [-0.25, -0.2) is 18.0 Å². The number of hydrogen-bond acceptors (Lipinski definition) is 2. The number of halogens is 4. The lowest BCUT2D eigenvalue weighted by atomic mass is 10.1. The molecule has 0 fully saturated rings. The lowest BCUT2D eigenvalue weighted by Crippen LogP contribution is -2.06. The van der Waals surface area contributed by atoms with E-state index in [9.17, 15) is 23.1 Å². The number of carboxylic acid groups (broad SMARTS) is 1. The fraction of sp³-hybridized carbons (Fsp3) is 0.0870. The number of aromatic nitrogens is 1. The van der Waals surface area contributed by atoms with E-state index in [2.05, 4.69) is 0 Å². The molecule has 0 aliphatic carbocycles. The van der Waals surface area contributed by atoms with E-state index >= 15 is 0 Å². The van der Waals surface area contributed by atoms with Crippen LogP contribution in [0, 0.1) is 17.5 Å². The van der Waals surface area contributed by atoms with Crippen molar-refractivity contribution in [3.05, 3.63) is 100.0 Å². The molecule has 8 heteroatoms. The zero-order chi connectivity index (χ0) is 22.1. The molecule has 0 aliphatic rings. The lowest BCUT2D eigenvalue weighted by molar-refractivity contribution is 0.0699. The van der Waals surface area contributed by atoms with Gasteiger partial charge in [0.2, 0.25) is 0 Å². The first-order valence-electron chi connectivity index (χ1n) is 9.20. The van der Waals surface area contributed by atoms with Gasteiger partial charge in [-0.15, -0.1) is 0 Å². The Morgan fingerprint density at radius 1 is 1.00 bits per heavy atom.